The van der Waals surface area contributed by atoms with Crippen LogP contribution >= 0.6 is 35.0 Å². The van der Waals surface area contributed by atoms with Crippen molar-refractivity contribution in [3.63, 3.8) is 0 Å². The van der Waals surface area contributed by atoms with Gasteiger partial charge in [-0.15, -0.1) is 12.4 Å². The molecule has 0 fully saturated rings. The van der Waals surface area contributed by atoms with Gasteiger partial charge in [0.2, 0.25) is 0 Å². The third-order valence-corrected chi connectivity index (χ3v) is 2.63. The van der Waals surface area contributed by atoms with Crippen LogP contribution in [-0.4, -0.2) is 0 Å². The SMILES string of the molecule is CCC[C@H](N)c1cc(I)ccc1F.Cl. The predicted octanol–water partition coefficient (Wildman–Crippen LogP) is 3.65. The topological polar surface area (TPSA) is 26.0 Å². The number of benzene rings is 1. The van der Waals surface area contributed by atoms with Crippen LogP contribution in [0.3, 0.4) is 0 Å². The maximum atomic E-state index is 13.3. The Morgan fingerprint density at radius 2 is 2.14 bits per heavy atom. The van der Waals surface area contributed by atoms with E-state index in [0.29, 0.717) is 5.56 Å². The van der Waals surface area contributed by atoms with Gasteiger partial charge in [0.15, 0.2) is 0 Å². The Morgan fingerprint density at radius 3 is 2.71 bits per heavy atom. The van der Waals surface area contributed by atoms with Crippen molar-refractivity contribution in [3.8, 4) is 0 Å². The number of nitrogens with two attached hydrogens (primary N) is 1. The Labute approximate surface area is 104 Å². The Bertz CT molecular complexity index is 293. The minimum absolute atomic E-state index is 0. The van der Waals surface area contributed by atoms with Crippen LogP contribution in [0.5, 0.6) is 0 Å². The monoisotopic (exact) mass is 329 g/mol. The van der Waals surface area contributed by atoms with E-state index in [-0.39, 0.29) is 24.3 Å². The molecule has 0 amide bonds. The van der Waals surface area contributed by atoms with Gasteiger partial charge >= 0.3 is 0 Å². The van der Waals surface area contributed by atoms with E-state index in [1.807, 2.05) is 13.0 Å². The largest absolute Gasteiger partial charge is 0.324 e. The van der Waals surface area contributed by atoms with Gasteiger partial charge in [0.1, 0.15) is 5.82 Å². The molecule has 1 nitrogen and oxygen atoms in total. The molecule has 4 heteroatoms. The molecular formula is C10H14ClFIN. The Morgan fingerprint density at radius 1 is 1.50 bits per heavy atom. The molecule has 0 unspecified atom stereocenters. The maximum Gasteiger partial charge on any atom is 0.128 e. The standard InChI is InChI=1S/C10H13FIN.ClH/c1-2-3-10(13)8-6-7(12)4-5-9(8)11;/h4-6,10H,2-3,13H2,1H3;1H/t10-;/m0./s1. The second-order valence-corrected chi connectivity index (χ2v) is 4.31. The smallest absolute Gasteiger partial charge is 0.128 e. The molecule has 0 aromatic heterocycles. The molecule has 80 valence electrons. The molecule has 1 aromatic carbocycles. The van der Waals surface area contributed by atoms with E-state index in [2.05, 4.69) is 22.6 Å². The van der Waals surface area contributed by atoms with Gasteiger partial charge in [0.25, 0.3) is 0 Å². The van der Waals surface area contributed by atoms with Gasteiger partial charge in [-0.1, -0.05) is 13.3 Å². The van der Waals surface area contributed by atoms with E-state index in [9.17, 15) is 4.39 Å². The van der Waals surface area contributed by atoms with Crippen molar-refractivity contribution in [1.29, 1.82) is 0 Å². The molecule has 0 spiro atoms. The van der Waals surface area contributed by atoms with E-state index in [0.717, 1.165) is 16.4 Å². The second-order valence-electron chi connectivity index (χ2n) is 3.06. The van der Waals surface area contributed by atoms with Gasteiger partial charge in [-0.05, 0) is 47.2 Å². The van der Waals surface area contributed by atoms with Crippen LogP contribution < -0.4 is 5.73 Å². The van der Waals surface area contributed by atoms with E-state index < -0.39 is 0 Å². The highest BCUT2D eigenvalue weighted by Crippen LogP contribution is 2.21. The molecule has 0 aliphatic heterocycles. The van der Waals surface area contributed by atoms with Crippen LogP contribution in [0, 0.1) is 9.39 Å². The van der Waals surface area contributed by atoms with Crippen molar-refractivity contribution in [2.24, 2.45) is 5.73 Å². The maximum absolute atomic E-state index is 13.3. The van der Waals surface area contributed by atoms with Crippen LogP contribution in [0.25, 0.3) is 0 Å². The molecule has 0 saturated carbocycles. The third kappa shape index (κ3) is 3.71. The Kier molecular flexibility index (Phi) is 6.64. The normalized spacial score (nSPS) is 12.0. The summed E-state index contributed by atoms with van der Waals surface area (Å²) in [6, 6.07) is 4.88. The molecule has 2 N–H and O–H groups in total. The molecule has 0 heterocycles. The molecule has 0 aliphatic carbocycles. The zero-order valence-corrected chi connectivity index (χ0v) is 10.9. The first-order chi connectivity index (χ1) is 6.15. The summed E-state index contributed by atoms with van der Waals surface area (Å²) in [5, 5.41) is 0. The van der Waals surface area contributed by atoms with Gasteiger partial charge in [-0.3, -0.25) is 0 Å². The number of rotatable bonds is 3. The number of hydrogen-bond donors (Lipinski definition) is 1. The summed E-state index contributed by atoms with van der Waals surface area (Å²) in [6.07, 6.45) is 1.81. The highest BCUT2D eigenvalue weighted by atomic mass is 127. The molecule has 0 aliphatic rings. The average molecular weight is 330 g/mol. The summed E-state index contributed by atoms with van der Waals surface area (Å²) in [6.45, 7) is 2.05. The van der Waals surface area contributed by atoms with Crippen LogP contribution in [0.1, 0.15) is 31.4 Å². The summed E-state index contributed by atoms with van der Waals surface area (Å²) in [4.78, 5) is 0. The summed E-state index contributed by atoms with van der Waals surface area (Å²) in [5.41, 5.74) is 6.47. The first kappa shape index (κ1) is 14.1. The molecule has 1 aromatic rings. The van der Waals surface area contributed by atoms with Gasteiger partial charge in [0.05, 0.1) is 0 Å². The quantitative estimate of drug-likeness (QED) is 0.842. The van der Waals surface area contributed by atoms with Crippen molar-refractivity contribution in [3.05, 3.63) is 33.1 Å². The Hall–Kier alpha value is 0.130. The van der Waals surface area contributed by atoms with E-state index in [1.165, 1.54) is 6.07 Å². The fourth-order valence-corrected chi connectivity index (χ4v) is 1.78. The Balaban J connectivity index is 0.00000169. The zero-order chi connectivity index (χ0) is 9.84. The molecule has 0 saturated heterocycles. The van der Waals surface area contributed by atoms with Gasteiger partial charge in [-0.25, -0.2) is 4.39 Å². The first-order valence-corrected chi connectivity index (χ1v) is 5.43. The summed E-state index contributed by atoms with van der Waals surface area (Å²) in [7, 11) is 0. The van der Waals surface area contributed by atoms with Gasteiger partial charge in [0, 0.05) is 15.2 Å². The van der Waals surface area contributed by atoms with Crippen molar-refractivity contribution < 1.29 is 4.39 Å². The lowest BCUT2D eigenvalue weighted by Crippen LogP contribution is -2.11. The lowest BCUT2D eigenvalue weighted by molar-refractivity contribution is 0.559. The highest BCUT2D eigenvalue weighted by molar-refractivity contribution is 14.1. The molecule has 14 heavy (non-hydrogen) atoms. The minimum atomic E-state index is -0.193. The van der Waals surface area contributed by atoms with Crippen LogP contribution in [0.4, 0.5) is 4.39 Å². The molecule has 0 radical (unpaired) electrons. The van der Waals surface area contributed by atoms with Crippen LogP contribution in [0.15, 0.2) is 18.2 Å². The van der Waals surface area contributed by atoms with Gasteiger partial charge < -0.3 is 5.73 Å². The average Bonchev–Trinajstić information content (AvgIpc) is 2.09. The van der Waals surface area contributed by atoms with Gasteiger partial charge in [-0.2, -0.15) is 0 Å². The van der Waals surface area contributed by atoms with E-state index >= 15 is 0 Å². The third-order valence-electron chi connectivity index (χ3n) is 1.96. The fourth-order valence-electron chi connectivity index (χ4n) is 1.27. The number of halogens is 3. The molecular weight excluding hydrogens is 315 g/mol. The van der Waals surface area contributed by atoms with E-state index in [1.54, 1.807) is 6.07 Å². The summed E-state index contributed by atoms with van der Waals surface area (Å²) in [5.74, 6) is -0.193. The van der Waals surface area contributed by atoms with Crippen molar-refractivity contribution in [1.82, 2.24) is 0 Å². The van der Waals surface area contributed by atoms with Crippen LogP contribution in [0.2, 0.25) is 0 Å². The lowest BCUT2D eigenvalue weighted by atomic mass is 10.0. The first-order valence-electron chi connectivity index (χ1n) is 4.35. The fraction of sp³-hybridized carbons (Fsp3) is 0.400. The molecule has 0 bridgehead atoms. The lowest BCUT2D eigenvalue weighted by Gasteiger charge is -2.11. The zero-order valence-electron chi connectivity index (χ0n) is 7.97. The van der Waals surface area contributed by atoms with Crippen molar-refractivity contribution in [2.45, 2.75) is 25.8 Å². The van der Waals surface area contributed by atoms with Crippen LogP contribution in [-0.2, 0) is 0 Å². The predicted molar refractivity (Wildman–Crippen MR) is 68.2 cm³/mol. The minimum Gasteiger partial charge on any atom is -0.324 e. The summed E-state index contributed by atoms with van der Waals surface area (Å²) >= 11 is 2.16. The number of hydrogen-bond acceptors (Lipinski definition) is 1. The highest BCUT2D eigenvalue weighted by Gasteiger charge is 2.10. The summed E-state index contributed by atoms with van der Waals surface area (Å²) < 4.78 is 14.3. The van der Waals surface area contributed by atoms with Crippen molar-refractivity contribution >= 4 is 35.0 Å². The van der Waals surface area contributed by atoms with Crippen molar-refractivity contribution in [2.75, 3.05) is 0 Å². The molecule has 1 rings (SSSR count). The van der Waals surface area contributed by atoms with E-state index in [4.69, 9.17) is 5.73 Å². The second kappa shape index (κ2) is 6.58. The molecule has 1 atom stereocenters.